The maximum Gasteiger partial charge on any atom is 0.341 e. The first kappa shape index (κ1) is 24.0. The second-order valence-electron chi connectivity index (χ2n) is 8.21. The molecule has 0 aliphatic carbocycles. The molecule has 5 nitrogen and oxygen atoms in total. The van der Waals surface area contributed by atoms with Crippen LogP contribution in [-0.4, -0.2) is 23.1 Å². The van der Waals surface area contributed by atoms with Gasteiger partial charge in [-0.15, -0.1) is 11.3 Å². The van der Waals surface area contributed by atoms with E-state index < -0.39 is 5.97 Å². The summed E-state index contributed by atoms with van der Waals surface area (Å²) in [5, 5.41) is 6.93. The summed E-state index contributed by atoms with van der Waals surface area (Å²) in [5.74, 6) is -0.725. The highest BCUT2D eigenvalue weighted by Gasteiger charge is 2.26. The third kappa shape index (κ3) is 4.24. The fourth-order valence-corrected chi connectivity index (χ4v) is 5.38. The third-order valence-corrected chi connectivity index (χ3v) is 7.26. The molecule has 0 spiro atoms. The van der Waals surface area contributed by atoms with Gasteiger partial charge >= 0.3 is 5.97 Å². The smallest absolute Gasteiger partial charge is 0.341 e. The zero-order valence-corrected chi connectivity index (χ0v) is 21.5. The molecule has 2 aromatic carbocycles. The van der Waals surface area contributed by atoms with Gasteiger partial charge < -0.3 is 14.6 Å². The van der Waals surface area contributed by atoms with E-state index >= 15 is 0 Å². The molecule has 0 saturated heterocycles. The van der Waals surface area contributed by atoms with Gasteiger partial charge in [-0.2, -0.15) is 0 Å². The van der Waals surface area contributed by atoms with Crippen LogP contribution >= 0.6 is 22.9 Å². The van der Waals surface area contributed by atoms with Crippen molar-refractivity contribution in [3.63, 3.8) is 0 Å². The van der Waals surface area contributed by atoms with E-state index in [0.717, 1.165) is 33.2 Å². The maximum absolute atomic E-state index is 13.5. The van der Waals surface area contributed by atoms with E-state index in [-0.39, 0.29) is 12.5 Å². The summed E-state index contributed by atoms with van der Waals surface area (Å²) in [7, 11) is 0. The number of nitrogens with zero attached hydrogens (tertiary/aromatic N) is 1. The molecule has 0 fully saturated rings. The number of rotatable bonds is 6. The van der Waals surface area contributed by atoms with Crippen LogP contribution in [0.4, 0.5) is 5.00 Å². The molecule has 34 heavy (non-hydrogen) atoms. The van der Waals surface area contributed by atoms with E-state index in [4.69, 9.17) is 16.3 Å². The lowest BCUT2D eigenvalue weighted by Crippen LogP contribution is -2.19. The first-order chi connectivity index (χ1) is 16.3. The molecule has 0 atom stereocenters. The van der Waals surface area contributed by atoms with Crippen molar-refractivity contribution in [2.75, 3.05) is 11.9 Å². The summed E-state index contributed by atoms with van der Waals surface area (Å²) in [6.45, 7) is 10.6. The zero-order chi connectivity index (χ0) is 24.6. The van der Waals surface area contributed by atoms with Gasteiger partial charge in [0, 0.05) is 33.4 Å². The molecule has 0 bridgehead atoms. The maximum atomic E-state index is 13.5. The molecule has 2 heterocycles. The molecule has 1 amide bonds. The van der Waals surface area contributed by atoms with Crippen molar-refractivity contribution in [2.24, 2.45) is 0 Å². The minimum atomic E-state index is -0.452. The van der Waals surface area contributed by atoms with Gasteiger partial charge in [-0.25, -0.2) is 4.79 Å². The fourth-order valence-electron chi connectivity index (χ4n) is 4.26. The Kier molecular flexibility index (Phi) is 6.82. The molecule has 4 aromatic rings. The van der Waals surface area contributed by atoms with E-state index in [1.54, 1.807) is 6.92 Å². The molecule has 7 heteroatoms. The average Bonchev–Trinajstić information content (AvgIpc) is 3.34. The van der Waals surface area contributed by atoms with Gasteiger partial charge in [0.1, 0.15) is 16.3 Å². The Balaban J connectivity index is 1.79. The summed E-state index contributed by atoms with van der Waals surface area (Å²) in [4.78, 5) is 26.5. The van der Waals surface area contributed by atoms with Crippen LogP contribution in [0, 0.1) is 20.8 Å². The molecule has 1 N–H and O–H groups in total. The molecular weight excluding hydrogens is 468 g/mol. The number of carbonyl (C=O) groups excluding carboxylic acids is 2. The van der Waals surface area contributed by atoms with Crippen LogP contribution < -0.4 is 5.32 Å². The Labute approximate surface area is 208 Å². The molecule has 176 valence electrons. The average molecular weight is 495 g/mol. The van der Waals surface area contributed by atoms with Crippen molar-refractivity contribution in [2.45, 2.75) is 41.2 Å². The molecule has 4 rings (SSSR count). The minimum Gasteiger partial charge on any atom is -0.462 e. The monoisotopic (exact) mass is 494 g/mol. The van der Waals surface area contributed by atoms with E-state index in [1.807, 2.05) is 68.0 Å². The summed E-state index contributed by atoms with van der Waals surface area (Å²) in [5.41, 5.74) is 6.69. The van der Waals surface area contributed by atoms with Crippen LogP contribution in [-0.2, 0) is 11.3 Å². The molecule has 0 unspecified atom stereocenters. The number of hydrogen-bond acceptors (Lipinski definition) is 4. The van der Waals surface area contributed by atoms with Crippen LogP contribution in [0.5, 0.6) is 0 Å². The molecular formula is C27H27ClN2O3S. The fraction of sp³-hybridized carbons (Fsp3) is 0.259. The number of hydrogen-bond donors (Lipinski definition) is 1. The second-order valence-corrected chi connectivity index (χ2v) is 9.52. The number of benzene rings is 2. The molecule has 0 aliphatic rings. The zero-order valence-electron chi connectivity index (χ0n) is 19.9. The Bertz CT molecular complexity index is 1420. The van der Waals surface area contributed by atoms with Crippen molar-refractivity contribution < 1.29 is 14.3 Å². The summed E-state index contributed by atoms with van der Waals surface area (Å²) in [6.07, 6.45) is 0. The third-order valence-electron chi connectivity index (χ3n) is 6.13. The van der Waals surface area contributed by atoms with Crippen LogP contribution in [0.3, 0.4) is 0 Å². The largest absolute Gasteiger partial charge is 0.462 e. The lowest BCUT2D eigenvalue weighted by molar-refractivity contribution is 0.0529. The van der Waals surface area contributed by atoms with Gasteiger partial charge in [0.05, 0.1) is 6.61 Å². The van der Waals surface area contributed by atoms with E-state index in [2.05, 4.69) is 11.4 Å². The van der Waals surface area contributed by atoms with Gasteiger partial charge in [0.25, 0.3) is 5.91 Å². The Morgan fingerprint density at radius 2 is 1.82 bits per heavy atom. The normalized spacial score (nSPS) is 11.1. The van der Waals surface area contributed by atoms with Crippen molar-refractivity contribution >= 4 is 50.7 Å². The van der Waals surface area contributed by atoms with Crippen LogP contribution in [0.15, 0.2) is 41.8 Å². The number of aryl methyl sites for hydroxylation is 4. The van der Waals surface area contributed by atoms with Gasteiger partial charge in [-0.1, -0.05) is 29.8 Å². The number of thiophene rings is 1. The lowest BCUT2D eigenvalue weighted by atomic mass is 9.99. The Morgan fingerprint density at radius 1 is 1.06 bits per heavy atom. The number of esters is 1. The number of aromatic nitrogens is 1. The topological polar surface area (TPSA) is 60.3 Å². The number of ether oxygens (including phenoxy) is 1. The predicted octanol–water partition coefficient (Wildman–Crippen LogP) is 7.40. The molecule has 0 aliphatic heterocycles. The minimum absolute atomic E-state index is 0.248. The first-order valence-electron chi connectivity index (χ1n) is 11.2. The molecule has 2 aromatic heterocycles. The van der Waals surface area contributed by atoms with Crippen LogP contribution in [0.1, 0.15) is 51.4 Å². The van der Waals surface area contributed by atoms with Crippen LogP contribution in [0.25, 0.3) is 22.0 Å². The quantitative estimate of drug-likeness (QED) is 0.284. The molecule has 0 saturated carbocycles. The van der Waals surface area contributed by atoms with Gasteiger partial charge in [0.15, 0.2) is 0 Å². The second kappa shape index (κ2) is 9.65. The summed E-state index contributed by atoms with van der Waals surface area (Å²) in [6, 6.07) is 11.7. The standard InChI is InChI=1S/C27H27ClN2O3S/c1-6-30-22-11-10-19(28)13-20(22)17(5)24(30)25(31)29-26-23(27(32)33-7-2)21(14-34-26)18-9-8-15(3)16(4)12-18/h8-14H,6-7H2,1-5H3,(H,29,31). The SMILES string of the molecule is CCOC(=O)c1c(-c2ccc(C)c(C)c2)csc1NC(=O)c1c(C)c2cc(Cl)ccc2n1CC. The van der Waals surface area contributed by atoms with Crippen molar-refractivity contribution in [1.82, 2.24) is 4.57 Å². The van der Waals surface area contributed by atoms with Crippen LogP contribution in [0.2, 0.25) is 5.02 Å². The Hall–Kier alpha value is -3.09. The number of nitrogens with one attached hydrogen (secondary N) is 1. The highest BCUT2D eigenvalue weighted by molar-refractivity contribution is 7.15. The van der Waals surface area contributed by atoms with Crippen molar-refractivity contribution in [3.8, 4) is 11.1 Å². The van der Waals surface area contributed by atoms with E-state index in [9.17, 15) is 9.59 Å². The van der Waals surface area contributed by atoms with Crippen molar-refractivity contribution in [1.29, 1.82) is 0 Å². The summed E-state index contributed by atoms with van der Waals surface area (Å²) >= 11 is 7.54. The Morgan fingerprint density at radius 3 is 2.50 bits per heavy atom. The number of halogens is 1. The number of anilines is 1. The number of carbonyl (C=O) groups is 2. The highest BCUT2D eigenvalue weighted by Crippen LogP contribution is 2.38. The lowest BCUT2D eigenvalue weighted by Gasteiger charge is -2.12. The predicted molar refractivity (Wildman–Crippen MR) is 140 cm³/mol. The van der Waals surface area contributed by atoms with E-state index in [1.165, 1.54) is 16.9 Å². The van der Waals surface area contributed by atoms with Crippen molar-refractivity contribution in [3.05, 3.63) is 74.7 Å². The first-order valence-corrected chi connectivity index (χ1v) is 12.5. The highest BCUT2D eigenvalue weighted by atomic mass is 35.5. The van der Waals surface area contributed by atoms with E-state index in [0.29, 0.717) is 27.8 Å². The van der Waals surface area contributed by atoms with Gasteiger partial charge in [0.2, 0.25) is 0 Å². The summed E-state index contributed by atoms with van der Waals surface area (Å²) < 4.78 is 7.33. The van der Waals surface area contributed by atoms with Gasteiger partial charge in [-0.3, -0.25) is 4.79 Å². The number of fused-ring (bicyclic) bond motifs is 1. The van der Waals surface area contributed by atoms with Gasteiger partial charge in [-0.05, 0) is 75.1 Å². The molecule has 0 radical (unpaired) electrons. The number of amides is 1.